The lowest BCUT2D eigenvalue weighted by atomic mass is 10.1. The molecule has 0 saturated heterocycles. The average molecular weight is 288 g/mol. The van der Waals surface area contributed by atoms with E-state index in [4.69, 9.17) is 9.84 Å². The molecule has 4 nitrogen and oxygen atoms in total. The van der Waals surface area contributed by atoms with E-state index in [1.165, 1.54) is 39.2 Å². The normalized spacial score (nSPS) is 12.3. The fourth-order valence-electron chi connectivity index (χ4n) is 1.97. The zero-order chi connectivity index (χ0) is 15.1. The van der Waals surface area contributed by atoms with Crippen LogP contribution in [-0.4, -0.2) is 38.0 Å². The Hall–Kier alpha value is -0.610. The van der Waals surface area contributed by atoms with Crippen molar-refractivity contribution in [3.8, 4) is 0 Å². The number of hydrogen-bond acceptors (Lipinski definition) is 4. The first kappa shape index (κ1) is 19.4. The van der Waals surface area contributed by atoms with Crippen LogP contribution in [0.5, 0.6) is 0 Å². The quantitative estimate of drug-likeness (QED) is 0.393. The van der Waals surface area contributed by atoms with Crippen molar-refractivity contribution in [3.05, 3.63) is 0 Å². The van der Waals surface area contributed by atoms with E-state index in [1.807, 2.05) is 6.92 Å². The third-order valence-electron chi connectivity index (χ3n) is 3.36. The molecule has 0 aliphatic rings. The topological polar surface area (TPSA) is 55.8 Å². The average Bonchev–Trinajstić information content (AvgIpc) is 2.47. The molecular weight excluding hydrogens is 256 g/mol. The lowest BCUT2D eigenvalue weighted by Gasteiger charge is -2.08. The highest BCUT2D eigenvalue weighted by Crippen LogP contribution is 2.10. The number of hydrogen-bond donors (Lipinski definition) is 1. The van der Waals surface area contributed by atoms with Crippen LogP contribution in [-0.2, 0) is 14.3 Å². The Kier molecular flexibility index (Phi) is 14.3. The Morgan fingerprint density at radius 1 is 1.00 bits per heavy atom. The van der Waals surface area contributed by atoms with Gasteiger partial charge in [-0.3, -0.25) is 4.79 Å². The van der Waals surface area contributed by atoms with E-state index in [2.05, 4.69) is 4.74 Å². The number of aliphatic hydroxyl groups is 1. The molecule has 0 aromatic rings. The molecule has 20 heavy (non-hydrogen) atoms. The summed E-state index contributed by atoms with van der Waals surface area (Å²) in [6, 6.07) is 0. The van der Waals surface area contributed by atoms with Gasteiger partial charge < -0.3 is 14.6 Å². The maximum Gasteiger partial charge on any atom is 0.305 e. The highest BCUT2D eigenvalue weighted by Gasteiger charge is 2.00. The maximum atomic E-state index is 10.9. The number of rotatable bonds is 14. The van der Waals surface area contributed by atoms with Gasteiger partial charge in [0.25, 0.3) is 0 Å². The van der Waals surface area contributed by atoms with Gasteiger partial charge in [0.15, 0.2) is 0 Å². The predicted molar refractivity (Wildman–Crippen MR) is 80.6 cm³/mol. The molecule has 0 fully saturated rings. The molecule has 0 saturated carbocycles. The number of methoxy groups -OCH3 is 1. The molecule has 0 bridgehead atoms. The molecule has 1 unspecified atom stereocenters. The van der Waals surface area contributed by atoms with E-state index < -0.39 is 0 Å². The fourth-order valence-corrected chi connectivity index (χ4v) is 1.97. The second-order valence-electron chi connectivity index (χ2n) is 5.52. The standard InChI is InChI=1S/C16H32O4/c1-15(13-17)14-20-12-10-8-6-4-3-5-7-9-11-16(18)19-2/h15,17H,3-14H2,1-2H3. The first-order chi connectivity index (χ1) is 9.70. The summed E-state index contributed by atoms with van der Waals surface area (Å²) in [4.78, 5) is 10.9. The fraction of sp³-hybridized carbons (Fsp3) is 0.938. The van der Waals surface area contributed by atoms with Crippen LogP contribution in [0.15, 0.2) is 0 Å². The highest BCUT2D eigenvalue weighted by molar-refractivity contribution is 5.68. The van der Waals surface area contributed by atoms with Crippen LogP contribution in [0.25, 0.3) is 0 Å². The number of esters is 1. The molecule has 120 valence electrons. The molecule has 1 atom stereocenters. The van der Waals surface area contributed by atoms with Gasteiger partial charge in [-0.1, -0.05) is 45.4 Å². The Bertz CT molecular complexity index is 219. The van der Waals surface area contributed by atoms with Gasteiger partial charge in [0, 0.05) is 25.6 Å². The van der Waals surface area contributed by atoms with E-state index in [0.717, 1.165) is 25.9 Å². The molecule has 0 rings (SSSR count). The van der Waals surface area contributed by atoms with Crippen molar-refractivity contribution in [2.45, 2.75) is 64.7 Å². The van der Waals surface area contributed by atoms with Gasteiger partial charge in [0.05, 0.1) is 13.7 Å². The third kappa shape index (κ3) is 13.8. The van der Waals surface area contributed by atoms with Crippen LogP contribution in [0, 0.1) is 5.92 Å². The van der Waals surface area contributed by atoms with Gasteiger partial charge in [-0.2, -0.15) is 0 Å². The van der Waals surface area contributed by atoms with Gasteiger partial charge >= 0.3 is 5.97 Å². The molecule has 0 amide bonds. The van der Waals surface area contributed by atoms with Gasteiger partial charge in [-0.05, 0) is 12.8 Å². The summed E-state index contributed by atoms with van der Waals surface area (Å²) >= 11 is 0. The SMILES string of the molecule is COC(=O)CCCCCCCCCCOCC(C)CO. The Balaban J connectivity index is 3.04. The lowest BCUT2D eigenvalue weighted by molar-refractivity contribution is -0.140. The van der Waals surface area contributed by atoms with Crippen molar-refractivity contribution in [2.75, 3.05) is 26.9 Å². The van der Waals surface area contributed by atoms with Gasteiger partial charge in [-0.15, -0.1) is 0 Å². The molecule has 1 N–H and O–H groups in total. The second kappa shape index (κ2) is 14.8. The third-order valence-corrected chi connectivity index (χ3v) is 3.36. The summed E-state index contributed by atoms with van der Waals surface area (Å²) in [6.45, 7) is 3.66. The van der Waals surface area contributed by atoms with E-state index in [9.17, 15) is 4.79 Å². The van der Waals surface area contributed by atoms with Crippen LogP contribution in [0.4, 0.5) is 0 Å². The van der Waals surface area contributed by atoms with Gasteiger partial charge in [0.2, 0.25) is 0 Å². The minimum absolute atomic E-state index is 0.0967. The molecule has 0 aliphatic carbocycles. The second-order valence-corrected chi connectivity index (χ2v) is 5.52. The zero-order valence-electron chi connectivity index (χ0n) is 13.2. The molecule has 0 aliphatic heterocycles. The van der Waals surface area contributed by atoms with Crippen LogP contribution >= 0.6 is 0 Å². The summed E-state index contributed by atoms with van der Waals surface area (Å²) < 4.78 is 10.1. The van der Waals surface area contributed by atoms with E-state index in [-0.39, 0.29) is 18.5 Å². The molecular formula is C16H32O4. The van der Waals surface area contributed by atoms with Crippen LogP contribution < -0.4 is 0 Å². The summed E-state index contributed by atoms with van der Waals surface area (Å²) in [5.41, 5.74) is 0. The minimum Gasteiger partial charge on any atom is -0.469 e. The molecule has 0 aromatic carbocycles. The monoisotopic (exact) mass is 288 g/mol. The van der Waals surface area contributed by atoms with Crippen LogP contribution in [0.1, 0.15) is 64.7 Å². The van der Waals surface area contributed by atoms with Crippen molar-refractivity contribution in [2.24, 2.45) is 5.92 Å². The molecule has 0 spiro atoms. The Morgan fingerprint density at radius 3 is 2.10 bits per heavy atom. The summed E-state index contributed by atoms with van der Waals surface area (Å²) in [6.07, 6.45) is 9.95. The largest absolute Gasteiger partial charge is 0.469 e. The Morgan fingerprint density at radius 2 is 1.55 bits per heavy atom. The zero-order valence-corrected chi connectivity index (χ0v) is 13.2. The van der Waals surface area contributed by atoms with Crippen molar-refractivity contribution >= 4 is 5.97 Å². The number of aliphatic hydroxyl groups excluding tert-OH is 1. The van der Waals surface area contributed by atoms with Gasteiger partial charge in [-0.25, -0.2) is 0 Å². The number of carbonyl (C=O) groups excluding carboxylic acids is 1. The highest BCUT2D eigenvalue weighted by atomic mass is 16.5. The number of carbonyl (C=O) groups is 1. The summed E-state index contributed by atoms with van der Waals surface area (Å²) in [5.74, 6) is 0.153. The van der Waals surface area contributed by atoms with Gasteiger partial charge in [0.1, 0.15) is 0 Å². The Labute approximate surface area is 123 Å². The number of ether oxygens (including phenoxy) is 2. The number of unbranched alkanes of at least 4 members (excludes halogenated alkanes) is 7. The van der Waals surface area contributed by atoms with Crippen molar-refractivity contribution in [3.63, 3.8) is 0 Å². The van der Waals surface area contributed by atoms with E-state index in [0.29, 0.717) is 13.0 Å². The van der Waals surface area contributed by atoms with Crippen molar-refractivity contribution in [1.82, 2.24) is 0 Å². The smallest absolute Gasteiger partial charge is 0.305 e. The van der Waals surface area contributed by atoms with E-state index >= 15 is 0 Å². The lowest BCUT2D eigenvalue weighted by Crippen LogP contribution is -2.10. The predicted octanol–water partition coefficient (Wildman–Crippen LogP) is 3.32. The summed E-state index contributed by atoms with van der Waals surface area (Å²) in [5, 5.41) is 8.83. The summed E-state index contributed by atoms with van der Waals surface area (Å²) in [7, 11) is 1.44. The van der Waals surface area contributed by atoms with Crippen molar-refractivity contribution < 1.29 is 19.4 Å². The first-order valence-corrected chi connectivity index (χ1v) is 7.96. The van der Waals surface area contributed by atoms with Crippen LogP contribution in [0.3, 0.4) is 0 Å². The van der Waals surface area contributed by atoms with E-state index in [1.54, 1.807) is 0 Å². The molecule has 0 heterocycles. The van der Waals surface area contributed by atoms with Crippen LogP contribution in [0.2, 0.25) is 0 Å². The first-order valence-electron chi connectivity index (χ1n) is 7.96. The van der Waals surface area contributed by atoms with Crippen molar-refractivity contribution in [1.29, 1.82) is 0 Å². The molecule has 0 radical (unpaired) electrons. The molecule has 0 aromatic heterocycles. The maximum absolute atomic E-state index is 10.9. The minimum atomic E-state index is -0.0967. The molecule has 4 heteroatoms.